The largest absolute Gasteiger partial charge is 0.325 e. The molecule has 0 spiro atoms. The van der Waals surface area contributed by atoms with Crippen LogP contribution in [0.5, 0.6) is 0 Å². The molecule has 0 N–H and O–H groups in total. The standard InChI is InChI=1S/C17H24N4O/c1-3-19(4-2)17(22)21-12-10-20(11-13-21)16(14-18)15-8-6-5-7-9-15/h5-9,16H,3-4,10-13H2,1-2H3/t16-/m0/s1. The molecule has 1 aliphatic rings. The Morgan fingerprint density at radius 3 is 2.27 bits per heavy atom. The minimum atomic E-state index is -0.230. The Morgan fingerprint density at radius 1 is 1.18 bits per heavy atom. The fourth-order valence-electron chi connectivity index (χ4n) is 2.87. The van der Waals surface area contributed by atoms with E-state index in [0.29, 0.717) is 13.1 Å². The van der Waals surface area contributed by atoms with Gasteiger partial charge in [0.1, 0.15) is 6.04 Å². The molecule has 1 saturated heterocycles. The second kappa shape index (κ2) is 7.81. The molecule has 0 aliphatic carbocycles. The molecule has 1 heterocycles. The first-order valence-electron chi connectivity index (χ1n) is 7.93. The van der Waals surface area contributed by atoms with E-state index in [1.807, 2.05) is 54.0 Å². The molecule has 5 nitrogen and oxygen atoms in total. The van der Waals surface area contributed by atoms with Crippen molar-refractivity contribution in [2.75, 3.05) is 39.3 Å². The first kappa shape index (κ1) is 16.3. The zero-order valence-electron chi connectivity index (χ0n) is 13.4. The summed E-state index contributed by atoms with van der Waals surface area (Å²) in [7, 11) is 0. The van der Waals surface area contributed by atoms with Gasteiger partial charge in [0, 0.05) is 39.3 Å². The van der Waals surface area contributed by atoms with Crippen LogP contribution in [0, 0.1) is 11.3 Å². The topological polar surface area (TPSA) is 50.6 Å². The minimum absolute atomic E-state index is 0.109. The summed E-state index contributed by atoms with van der Waals surface area (Å²) in [5, 5.41) is 9.49. The van der Waals surface area contributed by atoms with E-state index < -0.39 is 0 Å². The van der Waals surface area contributed by atoms with Gasteiger partial charge in [-0.25, -0.2) is 4.79 Å². The van der Waals surface area contributed by atoms with Crippen LogP contribution in [0.15, 0.2) is 30.3 Å². The van der Waals surface area contributed by atoms with Crippen LogP contribution in [0.1, 0.15) is 25.5 Å². The highest BCUT2D eigenvalue weighted by Crippen LogP contribution is 2.21. The summed E-state index contributed by atoms with van der Waals surface area (Å²) in [5.41, 5.74) is 1.02. The molecule has 0 radical (unpaired) electrons. The van der Waals surface area contributed by atoms with Crippen molar-refractivity contribution >= 4 is 6.03 Å². The van der Waals surface area contributed by atoms with Crippen molar-refractivity contribution in [2.24, 2.45) is 0 Å². The lowest BCUT2D eigenvalue weighted by Crippen LogP contribution is -2.53. The van der Waals surface area contributed by atoms with Crippen LogP contribution in [0.25, 0.3) is 0 Å². The van der Waals surface area contributed by atoms with Gasteiger partial charge in [0.05, 0.1) is 6.07 Å². The summed E-state index contributed by atoms with van der Waals surface area (Å²) in [5.74, 6) is 0. The van der Waals surface area contributed by atoms with Crippen molar-refractivity contribution in [3.05, 3.63) is 35.9 Å². The molecule has 1 atom stereocenters. The van der Waals surface area contributed by atoms with E-state index in [1.54, 1.807) is 0 Å². The quantitative estimate of drug-likeness (QED) is 0.857. The van der Waals surface area contributed by atoms with Crippen LogP contribution in [0.2, 0.25) is 0 Å². The maximum absolute atomic E-state index is 12.3. The highest BCUT2D eigenvalue weighted by molar-refractivity contribution is 5.74. The Balaban J connectivity index is 1.97. The van der Waals surface area contributed by atoms with Gasteiger partial charge in [0.2, 0.25) is 0 Å². The number of nitriles is 1. The number of amides is 2. The lowest BCUT2D eigenvalue weighted by molar-refractivity contribution is 0.104. The molecule has 1 aliphatic heterocycles. The highest BCUT2D eigenvalue weighted by Gasteiger charge is 2.28. The van der Waals surface area contributed by atoms with Crippen LogP contribution >= 0.6 is 0 Å². The van der Waals surface area contributed by atoms with Gasteiger partial charge in [-0.3, -0.25) is 4.90 Å². The maximum atomic E-state index is 12.3. The van der Waals surface area contributed by atoms with Crippen LogP contribution in [0.3, 0.4) is 0 Å². The third-order valence-corrected chi connectivity index (χ3v) is 4.22. The van der Waals surface area contributed by atoms with Gasteiger partial charge >= 0.3 is 6.03 Å². The molecule has 0 bridgehead atoms. The van der Waals surface area contributed by atoms with Crippen LogP contribution in [-0.4, -0.2) is 60.0 Å². The highest BCUT2D eigenvalue weighted by atomic mass is 16.2. The number of benzene rings is 1. The van der Waals surface area contributed by atoms with Crippen LogP contribution in [-0.2, 0) is 0 Å². The Labute approximate surface area is 132 Å². The van der Waals surface area contributed by atoms with Crippen molar-refractivity contribution in [1.29, 1.82) is 5.26 Å². The molecule has 0 saturated carbocycles. The number of hydrogen-bond donors (Lipinski definition) is 0. The minimum Gasteiger partial charge on any atom is -0.325 e. The molecule has 22 heavy (non-hydrogen) atoms. The van der Waals surface area contributed by atoms with Gasteiger partial charge in [-0.2, -0.15) is 5.26 Å². The number of carbonyl (C=O) groups is 1. The van der Waals surface area contributed by atoms with E-state index in [2.05, 4.69) is 11.0 Å². The Bertz CT molecular complexity index is 513. The van der Waals surface area contributed by atoms with E-state index >= 15 is 0 Å². The number of hydrogen-bond acceptors (Lipinski definition) is 3. The average Bonchev–Trinajstić information content (AvgIpc) is 2.58. The molecule has 0 unspecified atom stereocenters. The SMILES string of the molecule is CCN(CC)C(=O)N1CCN([C@@H](C#N)c2ccccc2)CC1. The second-order valence-electron chi connectivity index (χ2n) is 5.42. The number of piperazine rings is 1. The summed E-state index contributed by atoms with van der Waals surface area (Å²) in [4.78, 5) is 18.2. The number of rotatable bonds is 4. The smallest absolute Gasteiger partial charge is 0.320 e. The van der Waals surface area contributed by atoms with Gasteiger partial charge in [0.25, 0.3) is 0 Å². The fourth-order valence-corrected chi connectivity index (χ4v) is 2.87. The van der Waals surface area contributed by atoms with Gasteiger partial charge in [-0.05, 0) is 19.4 Å². The summed E-state index contributed by atoms with van der Waals surface area (Å²) in [6, 6.07) is 12.1. The lowest BCUT2D eigenvalue weighted by atomic mass is 10.1. The Kier molecular flexibility index (Phi) is 5.79. The number of urea groups is 1. The second-order valence-corrected chi connectivity index (χ2v) is 5.42. The molecule has 1 fully saturated rings. The average molecular weight is 300 g/mol. The fraction of sp³-hybridized carbons (Fsp3) is 0.529. The summed E-state index contributed by atoms with van der Waals surface area (Å²) in [6.45, 7) is 8.30. The van der Waals surface area contributed by atoms with Gasteiger partial charge in [0.15, 0.2) is 0 Å². The van der Waals surface area contributed by atoms with Gasteiger partial charge in [-0.1, -0.05) is 30.3 Å². The van der Waals surface area contributed by atoms with E-state index in [4.69, 9.17) is 0 Å². The van der Waals surface area contributed by atoms with E-state index in [0.717, 1.165) is 31.7 Å². The zero-order chi connectivity index (χ0) is 15.9. The predicted molar refractivity (Wildman–Crippen MR) is 86.3 cm³/mol. The molecule has 118 valence electrons. The van der Waals surface area contributed by atoms with Crippen LogP contribution in [0.4, 0.5) is 4.79 Å². The molecule has 1 aromatic rings. The van der Waals surface area contributed by atoms with E-state index in [9.17, 15) is 10.1 Å². The molecule has 0 aromatic heterocycles. The van der Waals surface area contributed by atoms with Crippen molar-refractivity contribution in [3.63, 3.8) is 0 Å². The molecule has 1 aromatic carbocycles. The van der Waals surface area contributed by atoms with E-state index in [-0.39, 0.29) is 12.1 Å². The summed E-state index contributed by atoms with van der Waals surface area (Å²) in [6.07, 6.45) is 0. The summed E-state index contributed by atoms with van der Waals surface area (Å²) >= 11 is 0. The predicted octanol–water partition coefficient (Wildman–Crippen LogP) is 2.33. The van der Waals surface area contributed by atoms with E-state index in [1.165, 1.54) is 0 Å². The van der Waals surface area contributed by atoms with Crippen molar-refractivity contribution < 1.29 is 4.79 Å². The Morgan fingerprint density at radius 2 is 1.77 bits per heavy atom. The molecule has 2 amide bonds. The van der Waals surface area contributed by atoms with Crippen LogP contribution < -0.4 is 0 Å². The third kappa shape index (κ3) is 3.58. The third-order valence-electron chi connectivity index (χ3n) is 4.22. The molecule has 5 heteroatoms. The van der Waals surface area contributed by atoms with Gasteiger partial charge < -0.3 is 9.80 Å². The molecular weight excluding hydrogens is 276 g/mol. The zero-order valence-corrected chi connectivity index (χ0v) is 13.4. The van der Waals surface area contributed by atoms with Gasteiger partial charge in [-0.15, -0.1) is 0 Å². The molecule has 2 rings (SSSR count). The van der Waals surface area contributed by atoms with Crippen molar-refractivity contribution in [2.45, 2.75) is 19.9 Å². The maximum Gasteiger partial charge on any atom is 0.320 e. The van der Waals surface area contributed by atoms with Crippen molar-refractivity contribution in [3.8, 4) is 6.07 Å². The first-order chi connectivity index (χ1) is 10.7. The number of carbonyl (C=O) groups excluding carboxylic acids is 1. The number of nitrogens with zero attached hydrogens (tertiary/aromatic N) is 4. The monoisotopic (exact) mass is 300 g/mol. The summed E-state index contributed by atoms with van der Waals surface area (Å²) < 4.78 is 0. The normalized spacial score (nSPS) is 16.9. The van der Waals surface area contributed by atoms with Crippen molar-refractivity contribution in [1.82, 2.24) is 14.7 Å². The Hall–Kier alpha value is -2.06. The molecular formula is C17H24N4O. The first-order valence-corrected chi connectivity index (χ1v) is 7.93. The lowest BCUT2D eigenvalue weighted by Gasteiger charge is -2.38.